The molecule has 36 heavy (non-hydrogen) atoms. The van der Waals surface area contributed by atoms with Crippen molar-refractivity contribution in [1.29, 1.82) is 0 Å². The van der Waals surface area contributed by atoms with Crippen LogP contribution in [0.5, 0.6) is 0 Å². The molecule has 1 aliphatic rings. The van der Waals surface area contributed by atoms with Gasteiger partial charge in [0.1, 0.15) is 18.9 Å². The number of nitrogens with one attached hydrogen (secondary N) is 1. The lowest BCUT2D eigenvalue weighted by Crippen LogP contribution is -2.59. The van der Waals surface area contributed by atoms with Crippen LogP contribution in [0, 0.1) is 5.82 Å². The fraction of sp³-hybridized carbons (Fsp3) is 0.286. The number of halogens is 1. The Morgan fingerprint density at radius 2 is 1.81 bits per heavy atom. The van der Waals surface area contributed by atoms with Gasteiger partial charge in [0.2, 0.25) is 0 Å². The molecule has 6 nitrogen and oxygen atoms in total. The van der Waals surface area contributed by atoms with Crippen molar-refractivity contribution in [3.63, 3.8) is 0 Å². The summed E-state index contributed by atoms with van der Waals surface area (Å²) in [5.41, 5.74) is 3.45. The fourth-order valence-corrected chi connectivity index (χ4v) is 6.06. The first-order valence-corrected chi connectivity index (χ1v) is 13.0. The lowest BCUT2D eigenvalue weighted by molar-refractivity contribution is -0.856. The molecule has 5 rings (SSSR count). The van der Waals surface area contributed by atoms with Crippen LogP contribution in [0.4, 0.5) is 4.39 Å². The third-order valence-electron chi connectivity index (χ3n) is 7.00. The van der Waals surface area contributed by atoms with E-state index in [1.807, 2.05) is 35.8 Å². The number of likely N-dealkylation sites (tertiary alicyclic amines) is 1. The number of rotatable bonds is 9. The normalized spacial score (nSPS) is 15.8. The number of aromatic nitrogens is 1. The number of hydrogen-bond donors (Lipinski definition) is 1. The number of quaternary nitrogens is 1. The highest BCUT2D eigenvalue weighted by Crippen LogP contribution is 2.31. The number of nitrogens with zero attached hydrogens (tertiary/aromatic N) is 2. The molecule has 1 atom stereocenters. The summed E-state index contributed by atoms with van der Waals surface area (Å²) < 4.78 is 13.3. The molecule has 1 aliphatic heterocycles. The molecule has 2 aromatic heterocycles. The summed E-state index contributed by atoms with van der Waals surface area (Å²) in [4.78, 5) is 32.2. The van der Waals surface area contributed by atoms with Crippen molar-refractivity contribution >= 4 is 34.1 Å². The maximum atomic E-state index is 13.9. The predicted molar refractivity (Wildman–Crippen MR) is 137 cm³/mol. The average Bonchev–Trinajstić information content (AvgIpc) is 3.64. The molecule has 0 aliphatic carbocycles. The van der Waals surface area contributed by atoms with Crippen molar-refractivity contribution in [2.75, 3.05) is 32.7 Å². The number of benzene rings is 2. The average molecular weight is 506 g/mol. The van der Waals surface area contributed by atoms with Crippen LogP contribution in [0.3, 0.4) is 0 Å². The van der Waals surface area contributed by atoms with E-state index in [-0.39, 0.29) is 16.9 Å². The molecule has 0 bridgehead atoms. The number of carbonyl (C=O) groups excluding carboxylic acids is 2. The van der Waals surface area contributed by atoms with Gasteiger partial charge < -0.3 is 14.9 Å². The van der Waals surface area contributed by atoms with Gasteiger partial charge in [-0.3, -0.25) is 4.90 Å². The van der Waals surface area contributed by atoms with E-state index in [1.165, 1.54) is 35.6 Å². The fourth-order valence-electron chi connectivity index (χ4n) is 5.06. The summed E-state index contributed by atoms with van der Waals surface area (Å²) in [6.45, 7) is 2.64. The third kappa shape index (κ3) is 5.26. The number of H-pyrrole nitrogens is 1. The zero-order valence-corrected chi connectivity index (χ0v) is 20.7. The van der Waals surface area contributed by atoms with Gasteiger partial charge in [-0.15, -0.1) is 11.3 Å². The topological polar surface area (TPSA) is 76.2 Å². The maximum Gasteiger partial charge on any atom is 0.346 e. The SMILES string of the molecule is O=C([O-])C[N+](CCN1CCCC1)(Cc1cc(-c2ccc3[nH]ccc3c2)cs1)C(=O)c1ccc(F)cc1. The highest BCUT2D eigenvalue weighted by Gasteiger charge is 2.39. The second-order valence-electron chi connectivity index (χ2n) is 9.50. The van der Waals surface area contributed by atoms with Gasteiger partial charge in [-0.1, -0.05) is 6.07 Å². The van der Waals surface area contributed by atoms with Gasteiger partial charge in [0.05, 0.1) is 23.0 Å². The summed E-state index contributed by atoms with van der Waals surface area (Å²) in [6, 6.07) is 15.6. The number of thiophene rings is 1. The lowest BCUT2D eigenvalue weighted by atomic mass is 10.1. The number of aromatic amines is 1. The minimum absolute atomic E-state index is 0.231. The van der Waals surface area contributed by atoms with E-state index in [9.17, 15) is 19.1 Å². The van der Waals surface area contributed by atoms with E-state index in [0.29, 0.717) is 18.7 Å². The minimum atomic E-state index is -1.28. The van der Waals surface area contributed by atoms with Crippen molar-refractivity contribution in [2.24, 2.45) is 0 Å². The predicted octanol–water partition coefficient (Wildman–Crippen LogP) is 4.04. The van der Waals surface area contributed by atoms with E-state index in [0.717, 1.165) is 52.8 Å². The monoisotopic (exact) mass is 505 g/mol. The number of carboxylic acids is 1. The van der Waals surface area contributed by atoms with E-state index >= 15 is 0 Å². The Kier molecular flexibility index (Phi) is 7.00. The minimum Gasteiger partial charge on any atom is -0.544 e. The molecule has 0 saturated carbocycles. The quantitative estimate of drug-likeness (QED) is 0.349. The third-order valence-corrected chi connectivity index (χ3v) is 7.92. The Hall–Kier alpha value is -3.33. The molecule has 1 amide bonds. The molecule has 3 heterocycles. The van der Waals surface area contributed by atoms with Gasteiger partial charge in [0.25, 0.3) is 0 Å². The molecular weight excluding hydrogens is 477 g/mol. The van der Waals surface area contributed by atoms with E-state index in [1.54, 1.807) is 0 Å². The first-order valence-electron chi connectivity index (χ1n) is 12.2. The molecule has 0 radical (unpaired) electrons. The van der Waals surface area contributed by atoms with Gasteiger partial charge in [0, 0.05) is 18.3 Å². The Bertz CT molecular complexity index is 1370. The van der Waals surface area contributed by atoms with Crippen LogP contribution in [0.1, 0.15) is 28.1 Å². The summed E-state index contributed by atoms with van der Waals surface area (Å²) in [6.07, 6.45) is 4.11. The van der Waals surface area contributed by atoms with Crippen molar-refractivity contribution in [1.82, 2.24) is 9.88 Å². The van der Waals surface area contributed by atoms with Gasteiger partial charge in [-0.25, -0.2) is 13.7 Å². The van der Waals surface area contributed by atoms with Crippen LogP contribution < -0.4 is 5.11 Å². The largest absolute Gasteiger partial charge is 0.544 e. The second-order valence-corrected chi connectivity index (χ2v) is 10.5. The Morgan fingerprint density at radius 3 is 2.56 bits per heavy atom. The van der Waals surface area contributed by atoms with Crippen molar-refractivity contribution < 1.29 is 23.6 Å². The molecule has 1 fully saturated rings. The van der Waals surface area contributed by atoms with Crippen LogP contribution in [0.25, 0.3) is 22.0 Å². The Labute approximate surface area is 213 Å². The highest BCUT2D eigenvalue weighted by atomic mass is 32.1. The van der Waals surface area contributed by atoms with E-state index < -0.39 is 18.3 Å². The molecule has 1 N–H and O–H groups in total. The first kappa shape index (κ1) is 24.4. The van der Waals surface area contributed by atoms with Crippen LogP contribution in [-0.4, -0.2) is 59.0 Å². The maximum absolute atomic E-state index is 13.9. The summed E-state index contributed by atoms with van der Waals surface area (Å²) in [7, 11) is 0. The first-order chi connectivity index (χ1) is 17.4. The second kappa shape index (κ2) is 10.3. The van der Waals surface area contributed by atoms with Gasteiger partial charge in [0.15, 0.2) is 0 Å². The number of aliphatic carboxylic acids is 1. The van der Waals surface area contributed by atoms with Crippen molar-refractivity contribution in [3.05, 3.63) is 82.4 Å². The highest BCUT2D eigenvalue weighted by molar-refractivity contribution is 7.10. The van der Waals surface area contributed by atoms with Crippen LogP contribution in [-0.2, 0) is 11.3 Å². The molecule has 8 heteroatoms. The van der Waals surface area contributed by atoms with Crippen molar-refractivity contribution in [2.45, 2.75) is 19.4 Å². The summed E-state index contributed by atoms with van der Waals surface area (Å²) >= 11 is 1.52. The number of carboxylic acid groups (broad SMARTS) is 1. The Balaban J connectivity index is 1.48. The number of carbonyl (C=O) groups is 2. The lowest BCUT2D eigenvalue weighted by Gasteiger charge is -2.37. The van der Waals surface area contributed by atoms with E-state index in [4.69, 9.17) is 0 Å². The molecular formula is C28H28FN3O3S. The van der Waals surface area contributed by atoms with Crippen LogP contribution >= 0.6 is 11.3 Å². The molecule has 0 spiro atoms. The Morgan fingerprint density at radius 1 is 1.03 bits per heavy atom. The standard InChI is InChI=1S/C28H28FN3O3S/c29-24-6-3-20(4-7-24)28(35)32(18-27(33)34,14-13-31-11-1-2-12-31)17-25-16-23(19-36-25)21-5-8-26-22(15-21)9-10-30-26/h3-10,15-16,19,30H,1-2,11-14,17-18H2. The number of hydrogen-bond acceptors (Lipinski definition) is 5. The summed E-state index contributed by atoms with van der Waals surface area (Å²) in [5.74, 6) is -2.05. The number of amides is 1. The van der Waals surface area contributed by atoms with Crippen molar-refractivity contribution in [3.8, 4) is 11.1 Å². The van der Waals surface area contributed by atoms with Gasteiger partial charge in [-0.2, -0.15) is 0 Å². The molecule has 1 unspecified atom stereocenters. The van der Waals surface area contributed by atoms with Gasteiger partial charge >= 0.3 is 5.91 Å². The zero-order valence-electron chi connectivity index (χ0n) is 19.9. The summed E-state index contributed by atoms with van der Waals surface area (Å²) in [5, 5.41) is 15.1. The van der Waals surface area contributed by atoms with Crippen LogP contribution in [0.2, 0.25) is 0 Å². The molecule has 1 saturated heterocycles. The molecule has 2 aromatic carbocycles. The molecule has 186 valence electrons. The van der Waals surface area contributed by atoms with Crippen LogP contribution in [0.15, 0.2) is 66.2 Å². The van der Waals surface area contributed by atoms with E-state index in [2.05, 4.69) is 16.0 Å². The number of fused-ring (bicyclic) bond motifs is 1. The molecule has 4 aromatic rings. The smallest absolute Gasteiger partial charge is 0.346 e. The van der Waals surface area contributed by atoms with Gasteiger partial charge in [-0.05, 0) is 96.4 Å². The zero-order chi connectivity index (χ0) is 25.1.